The molecule has 5 nitrogen and oxygen atoms in total. The zero-order chi connectivity index (χ0) is 23.6. The van der Waals surface area contributed by atoms with E-state index in [0.717, 1.165) is 22.5 Å². The van der Waals surface area contributed by atoms with Gasteiger partial charge in [-0.3, -0.25) is 9.24 Å². The van der Waals surface area contributed by atoms with Gasteiger partial charge in [-0.15, -0.1) is 11.3 Å². The molecule has 0 aliphatic rings. The highest BCUT2D eigenvalue weighted by molar-refractivity contribution is 7.68. The number of carboxylic acid groups (broad SMARTS) is 1. The van der Waals surface area contributed by atoms with Crippen LogP contribution in [0.5, 0.6) is 0 Å². The van der Waals surface area contributed by atoms with E-state index in [9.17, 15) is 18.9 Å². The van der Waals surface area contributed by atoms with Crippen LogP contribution in [0.25, 0.3) is 10.4 Å². The van der Waals surface area contributed by atoms with Gasteiger partial charge in [0.25, 0.3) is 0 Å². The highest BCUT2D eigenvalue weighted by Crippen LogP contribution is 2.56. The zero-order valence-corrected chi connectivity index (χ0v) is 20.5. The predicted molar refractivity (Wildman–Crippen MR) is 129 cm³/mol. The Morgan fingerprint density at radius 3 is 2.34 bits per heavy atom. The molecule has 0 bridgehead atoms. The molecule has 1 N–H and O–H groups in total. The van der Waals surface area contributed by atoms with E-state index < -0.39 is 13.5 Å². The number of aryl methyl sites for hydroxylation is 2. The largest absolute Gasteiger partial charge is 0.477 e. The van der Waals surface area contributed by atoms with Gasteiger partial charge in [-0.25, -0.2) is 9.18 Å². The topological polar surface area (TPSA) is 66.8 Å². The molecule has 2 aromatic carbocycles. The van der Waals surface area contributed by atoms with Crippen LogP contribution in [0.3, 0.4) is 0 Å². The molecular weight excluding hydrogens is 448 g/mol. The van der Waals surface area contributed by atoms with Crippen molar-refractivity contribution in [2.24, 2.45) is 0 Å². The molecule has 3 aromatic rings. The third kappa shape index (κ3) is 4.65. The number of nitrogens with zero attached hydrogens (tertiary/aromatic N) is 1. The van der Waals surface area contributed by atoms with Crippen LogP contribution in [0, 0.1) is 19.7 Å². The van der Waals surface area contributed by atoms with E-state index in [1.165, 1.54) is 12.1 Å². The van der Waals surface area contributed by atoms with Crippen LogP contribution >= 0.6 is 18.9 Å². The number of carbonyl (C=O) groups is 1. The fourth-order valence-corrected chi connectivity index (χ4v) is 7.46. The molecule has 170 valence electrons. The van der Waals surface area contributed by atoms with Crippen molar-refractivity contribution in [3.63, 3.8) is 0 Å². The first-order valence-corrected chi connectivity index (χ1v) is 12.7. The molecule has 0 aliphatic carbocycles. The van der Waals surface area contributed by atoms with Gasteiger partial charge in [-0.1, -0.05) is 29.8 Å². The molecule has 0 fully saturated rings. The summed E-state index contributed by atoms with van der Waals surface area (Å²) < 4.78 is 35.4. The van der Waals surface area contributed by atoms with Gasteiger partial charge in [-0.2, -0.15) is 0 Å². The molecule has 1 aromatic heterocycles. The number of hydrogen-bond donors (Lipinski definition) is 1. The van der Waals surface area contributed by atoms with Crippen LogP contribution in [0.1, 0.15) is 41.6 Å². The maximum atomic E-state index is 14.5. The Bertz CT molecular complexity index is 1170. The van der Waals surface area contributed by atoms with E-state index >= 15 is 0 Å². The van der Waals surface area contributed by atoms with Crippen molar-refractivity contribution in [3.8, 4) is 10.4 Å². The Morgan fingerprint density at radius 2 is 1.81 bits per heavy atom. The normalized spacial score (nSPS) is 13.2. The Balaban J connectivity index is 2.25. The Kier molecular flexibility index (Phi) is 7.23. The Labute approximate surface area is 192 Å². The second kappa shape index (κ2) is 9.57. The number of halogens is 1. The van der Waals surface area contributed by atoms with Crippen molar-refractivity contribution in [1.82, 2.24) is 0 Å². The molecule has 1 heterocycles. The minimum Gasteiger partial charge on any atom is -0.477 e. The monoisotopic (exact) mass is 475 g/mol. The number of thiophene rings is 1. The minimum absolute atomic E-state index is 0.0581. The fourth-order valence-electron chi connectivity index (χ4n) is 3.73. The molecule has 0 aliphatic heterocycles. The SMILES string of the molecule is CCOP(=O)(c1ccc(C)cc1C)N(c1cc(-c2ccc(F)cc2)sc1C(=O)O)C(C)C. The van der Waals surface area contributed by atoms with E-state index in [4.69, 9.17) is 4.52 Å². The van der Waals surface area contributed by atoms with Crippen molar-refractivity contribution in [2.75, 3.05) is 11.3 Å². The van der Waals surface area contributed by atoms with Crippen molar-refractivity contribution < 1.29 is 23.4 Å². The summed E-state index contributed by atoms with van der Waals surface area (Å²) in [5.41, 5.74) is 2.87. The first kappa shape index (κ1) is 24.2. The van der Waals surface area contributed by atoms with Gasteiger partial charge in [0.2, 0.25) is 0 Å². The molecule has 0 spiro atoms. The lowest BCUT2D eigenvalue weighted by Gasteiger charge is -2.36. The highest BCUT2D eigenvalue weighted by Gasteiger charge is 2.40. The van der Waals surface area contributed by atoms with Crippen LogP contribution in [-0.4, -0.2) is 23.7 Å². The molecule has 32 heavy (non-hydrogen) atoms. The van der Waals surface area contributed by atoms with E-state index in [0.29, 0.717) is 21.4 Å². The lowest BCUT2D eigenvalue weighted by molar-refractivity contribution is 0.0703. The number of anilines is 1. The number of benzene rings is 2. The van der Waals surface area contributed by atoms with E-state index in [1.807, 2.05) is 39.8 Å². The van der Waals surface area contributed by atoms with Gasteiger partial charge < -0.3 is 9.63 Å². The molecule has 0 saturated heterocycles. The average molecular weight is 476 g/mol. The maximum absolute atomic E-state index is 14.5. The average Bonchev–Trinajstić information content (AvgIpc) is 3.13. The van der Waals surface area contributed by atoms with Crippen LogP contribution in [0.15, 0.2) is 48.5 Å². The molecule has 0 amide bonds. The van der Waals surface area contributed by atoms with Crippen molar-refractivity contribution in [3.05, 3.63) is 70.4 Å². The van der Waals surface area contributed by atoms with Crippen LogP contribution in [0.2, 0.25) is 0 Å². The molecular formula is C24H27FNO4PS. The van der Waals surface area contributed by atoms with Crippen molar-refractivity contribution in [2.45, 2.75) is 40.7 Å². The Morgan fingerprint density at radius 1 is 1.16 bits per heavy atom. The van der Waals surface area contributed by atoms with Crippen LogP contribution in [-0.2, 0) is 9.09 Å². The molecule has 8 heteroatoms. The van der Waals surface area contributed by atoms with Gasteiger partial charge >= 0.3 is 13.5 Å². The maximum Gasteiger partial charge on any atom is 0.348 e. The summed E-state index contributed by atoms with van der Waals surface area (Å²) in [5, 5.41) is 10.5. The van der Waals surface area contributed by atoms with E-state index in [2.05, 4.69) is 0 Å². The number of carboxylic acids is 1. The second-order valence-corrected chi connectivity index (χ2v) is 11.1. The lowest BCUT2D eigenvalue weighted by atomic mass is 10.2. The standard InChI is InChI=1S/C24H27FNO4PS/c1-6-30-31(29,21-12-7-16(4)13-17(21)5)26(15(2)3)20-14-22(32-23(20)24(27)28)18-8-10-19(25)11-9-18/h7-15H,6H2,1-5H3,(H,27,28). The summed E-state index contributed by atoms with van der Waals surface area (Å²) in [6.45, 7) is 9.52. The molecule has 1 unspecified atom stereocenters. The van der Waals surface area contributed by atoms with Gasteiger partial charge in [0, 0.05) is 10.9 Å². The summed E-state index contributed by atoms with van der Waals surface area (Å²) in [4.78, 5) is 12.9. The summed E-state index contributed by atoms with van der Waals surface area (Å²) >= 11 is 1.07. The zero-order valence-electron chi connectivity index (χ0n) is 18.8. The third-order valence-corrected chi connectivity index (χ3v) is 9.14. The van der Waals surface area contributed by atoms with Crippen LogP contribution in [0.4, 0.5) is 10.1 Å². The molecule has 1 atom stereocenters. The number of hydrogen-bond acceptors (Lipinski definition) is 4. The second-order valence-electron chi connectivity index (χ2n) is 7.80. The molecule has 0 radical (unpaired) electrons. The summed E-state index contributed by atoms with van der Waals surface area (Å²) in [7, 11) is -3.65. The van der Waals surface area contributed by atoms with Gasteiger partial charge in [0.1, 0.15) is 10.7 Å². The fraction of sp³-hybridized carbons (Fsp3) is 0.292. The van der Waals surface area contributed by atoms with Gasteiger partial charge in [-0.05, 0) is 70.0 Å². The smallest absolute Gasteiger partial charge is 0.348 e. The number of aromatic carboxylic acids is 1. The van der Waals surface area contributed by atoms with Crippen molar-refractivity contribution in [1.29, 1.82) is 0 Å². The van der Waals surface area contributed by atoms with Gasteiger partial charge in [0.05, 0.1) is 17.6 Å². The lowest BCUT2D eigenvalue weighted by Crippen LogP contribution is -2.34. The van der Waals surface area contributed by atoms with Crippen LogP contribution < -0.4 is 9.97 Å². The first-order chi connectivity index (χ1) is 15.1. The molecule has 3 rings (SSSR count). The van der Waals surface area contributed by atoms with Gasteiger partial charge in [0.15, 0.2) is 0 Å². The van der Waals surface area contributed by atoms with E-state index in [-0.39, 0.29) is 23.3 Å². The highest BCUT2D eigenvalue weighted by atomic mass is 32.1. The van der Waals surface area contributed by atoms with E-state index in [1.54, 1.807) is 35.9 Å². The quantitative estimate of drug-likeness (QED) is 0.370. The van der Waals surface area contributed by atoms with Crippen molar-refractivity contribution >= 4 is 35.8 Å². The summed E-state index contributed by atoms with van der Waals surface area (Å²) in [5.74, 6) is -1.49. The minimum atomic E-state index is -3.65. The summed E-state index contributed by atoms with van der Waals surface area (Å²) in [6, 6.07) is 12.9. The Hall–Kier alpha value is -2.47. The first-order valence-electron chi connectivity index (χ1n) is 10.3. The summed E-state index contributed by atoms with van der Waals surface area (Å²) in [6.07, 6.45) is 0. The molecule has 0 saturated carbocycles. The third-order valence-electron chi connectivity index (χ3n) is 5.02. The predicted octanol–water partition coefficient (Wildman–Crippen LogP) is 6.64. The number of rotatable bonds is 8.